The van der Waals surface area contributed by atoms with Crippen molar-refractivity contribution in [1.82, 2.24) is 15.0 Å². The van der Waals surface area contributed by atoms with Gasteiger partial charge in [-0.1, -0.05) is 43.3 Å². The molecule has 0 spiro atoms. The molecule has 0 bridgehead atoms. The Balaban J connectivity index is 1.78. The number of benzene rings is 2. The van der Waals surface area contributed by atoms with Gasteiger partial charge in [0, 0.05) is 44.6 Å². The number of hydrogen-bond acceptors (Lipinski definition) is 7. The zero-order valence-corrected chi connectivity index (χ0v) is 21.6. The van der Waals surface area contributed by atoms with Crippen LogP contribution in [0.5, 0.6) is 0 Å². The molecule has 2 aromatic carbocycles. The number of amides is 2. The molecule has 0 radical (unpaired) electrons. The third-order valence-corrected chi connectivity index (χ3v) is 6.59. The van der Waals surface area contributed by atoms with Crippen molar-refractivity contribution in [2.45, 2.75) is 39.7 Å². The minimum Gasteiger partial charge on any atom is -0.349 e. The molecular weight excluding hydrogens is 472 g/mol. The molecule has 1 aromatic heterocycles. The largest absolute Gasteiger partial charge is 0.349 e. The van der Waals surface area contributed by atoms with Crippen molar-refractivity contribution in [2.75, 3.05) is 19.0 Å². The van der Waals surface area contributed by atoms with Gasteiger partial charge >= 0.3 is 0 Å². The summed E-state index contributed by atoms with van der Waals surface area (Å²) >= 11 is 0. The highest BCUT2D eigenvalue weighted by Gasteiger charge is 2.52. The van der Waals surface area contributed by atoms with Gasteiger partial charge in [-0.15, -0.1) is 0 Å². The Kier molecular flexibility index (Phi) is 7.33. The van der Waals surface area contributed by atoms with Crippen molar-refractivity contribution in [1.29, 1.82) is 0 Å². The number of ketones is 2. The summed E-state index contributed by atoms with van der Waals surface area (Å²) < 4.78 is 5.05. The minimum absolute atomic E-state index is 0.0349. The van der Waals surface area contributed by atoms with E-state index < -0.39 is 29.6 Å². The summed E-state index contributed by atoms with van der Waals surface area (Å²) in [4.78, 5) is 59.4. The third kappa shape index (κ3) is 5.07. The molecule has 9 heteroatoms. The maximum atomic E-state index is 13.4. The molecule has 37 heavy (non-hydrogen) atoms. The highest BCUT2D eigenvalue weighted by Crippen LogP contribution is 2.42. The molecule has 0 saturated carbocycles. The fourth-order valence-electron chi connectivity index (χ4n) is 4.61. The van der Waals surface area contributed by atoms with Gasteiger partial charge in [0.2, 0.25) is 23.4 Å². The number of carbonyl (C=O) groups is 4. The maximum Gasteiger partial charge on any atom is 0.295 e. The van der Waals surface area contributed by atoms with Crippen LogP contribution >= 0.6 is 0 Å². The van der Waals surface area contributed by atoms with E-state index in [9.17, 15) is 19.2 Å². The second-order valence-corrected chi connectivity index (χ2v) is 9.69. The van der Waals surface area contributed by atoms with Crippen LogP contribution in [0.2, 0.25) is 0 Å². The fraction of sp³-hybridized carbons (Fsp3) is 0.357. The van der Waals surface area contributed by atoms with Gasteiger partial charge in [0.15, 0.2) is 0 Å². The first-order valence-electron chi connectivity index (χ1n) is 12.2. The number of carbonyl (C=O) groups excluding carboxylic acids is 4. The molecule has 4 rings (SSSR count). The van der Waals surface area contributed by atoms with Gasteiger partial charge in [-0.25, -0.2) is 0 Å². The monoisotopic (exact) mass is 502 g/mol. The highest BCUT2D eigenvalue weighted by molar-refractivity contribution is 6.48. The van der Waals surface area contributed by atoms with Gasteiger partial charge in [-0.05, 0) is 41.8 Å². The van der Waals surface area contributed by atoms with Crippen molar-refractivity contribution < 1.29 is 23.7 Å². The summed E-state index contributed by atoms with van der Waals surface area (Å²) in [6, 6.07) is 13.5. The predicted molar refractivity (Wildman–Crippen MR) is 136 cm³/mol. The number of aromatic nitrogens is 2. The normalized spacial score (nSPS) is 17.5. The lowest BCUT2D eigenvalue weighted by molar-refractivity contribution is -0.140. The quantitative estimate of drug-likeness (QED) is 0.342. The molecule has 0 aliphatic carbocycles. The van der Waals surface area contributed by atoms with Crippen LogP contribution in [0.25, 0.3) is 11.4 Å². The molecule has 9 nitrogen and oxygen atoms in total. The molecular formula is C28H30N4O5. The van der Waals surface area contributed by atoms with Crippen LogP contribution in [0.4, 0.5) is 5.69 Å². The molecule has 3 aromatic rings. The smallest absolute Gasteiger partial charge is 0.295 e. The number of anilines is 1. The van der Waals surface area contributed by atoms with Crippen LogP contribution in [0.3, 0.4) is 0 Å². The molecule has 1 saturated heterocycles. The Morgan fingerprint density at radius 2 is 1.73 bits per heavy atom. The van der Waals surface area contributed by atoms with E-state index in [1.54, 1.807) is 59.1 Å². The average molecular weight is 503 g/mol. The van der Waals surface area contributed by atoms with Gasteiger partial charge in [0.05, 0.1) is 6.04 Å². The second-order valence-electron chi connectivity index (χ2n) is 9.69. The first-order valence-corrected chi connectivity index (χ1v) is 12.2. The summed E-state index contributed by atoms with van der Waals surface area (Å²) in [6.45, 7) is 5.14. The molecule has 1 fully saturated rings. The average Bonchev–Trinajstić information content (AvgIpc) is 3.43. The predicted octanol–water partition coefficient (Wildman–Crippen LogP) is 3.56. The van der Waals surface area contributed by atoms with Crippen LogP contribution < -0.4 is 4.90 Å². The number of Topliss-reactive ketones (excluding diaryl/α,β-unsaturated/α-hetero) is 2. The van der Waals surface area contributed by atoms with Crippen LogP contribution in [-0.2, 0) is 25.6 Å². The summed E-state index contributed by atoms with van der Waals surface area (Å²) in [7, 11) is 3.39. The Morgan fingerprint density at radius 1 is 1.05 bits per heavy atom. The first-order chi connectivity index (χ1) is 17.6. The van der Waals surface area contributed by atoms with E-state index in [2.05, 4.69) is 10.1 Å². The van der Waals surface area contributed by atoms with E-state index in [1.807, 2.05) is 24.3 Å². The molecule has 1 aliphatic heterocycles. The van der Waals surface area contributed by atoms with Gasteiger partial charge in [-0.2, -0.15) is 4.98 Å². The fourth-order valence-corrected chi connectivity index (χ4v) is 4.61. The van der Waals surface area contributed by atoms with Gasteiger partial charge in [0.25, 0.3) is 5.91 Å². The maximum absolute atomic E-state index is 13.4. The van der Waals surface area contributed by atoms with Crippen molar-refractivity contribution in [3.05, 3.63) is 65.5 Å². The van der Waals surface area contributed by atoms with Crippen LogP contribution in [0.15, 0.2) is 53.1 Å². The van der Waals surface area contributed by atoms with Gasteiger partial charge in [0.1, 0.15) is 11.7 Å². The van der Waals surface area contributed by atoms with Crippen LogP contribution in [0, 0.1) is 18.8 Å². The summed E-state index contributed by atoms with van der Waals surface area (Å²) in [5, 5.41) is 3.92. The molecule has 192 valence electrons. The van der Waals surface area contributed by atoms with Crippen molar-refractivity contribution in [2.24, 2.45) is 11.8 Å². The first kappa shape index (κ1) is 25.9. The number of hydrogen-bond donors (Lipinski definition) is 0. The Bertz CT molecular complexity index is 1340. The zero-order valence-electron chi connectivity index (χ0n) is 21.6. The minimum atomic E-state index is -1.14. The van der Waals surface area contributed by atoms with E-state index in [0.29, 0.717) is 35.0 Å². The molecule has 2 amide bonds. The van der Waals surface area contributed by atoms with E-state index in [1.165, 1.54) is 9.80 Å². The summed E-state index contributed by atoms with van der Waals surface area (Å²) in [6.07, 6.45) is 0.679. The van der Waals surface area contributed by atoms with Crippen molar-refractivity contribution in [3.8, 4) is 11.4 Å². The van der Waals surface area contributed by atoms with E-state index in [-0.39, 0.29) is 18.1 Å². The standard InChI is InChI=1S/C28H30N4O5/c1-16(2)25(34)23-24(21-9-7-6-8-18(21)12-15-22(33)31(4)5)32(28(36)26(23)35)20-13-10-19(11-14-20)27-29-17(3)37-30-27/h6-11,13-14,16,23-24H,12,15H2,1-5H3. The van der Waals surface area contributed by atoms with E-state index in [0.717, 1.165) is 5.56 Å². The van der Waals surface area contributed by atoms with E-state index in [4.69, 9.17) is 4.52 Å². The van der Waals surface area contributed by atoms with Crippen molar-refractivity contribution >= 4 is 29.1 Å². The van der Waals surface area contributed by atoms with Gasteiger partial charge in [-0.3, -0.25) is 24.1 Å². The Labute approximate surface area is 215 Å². The number of rotatable bonds is 8. The molecule has 0 N–H and O–H groups in total. The zero-order chi connectivity index (χ0) is 26.9. The third-order valence-electron chi connectivity index (χ3n) is 6.59. The van der Waals surface area contributed by atoms with E-state index >= 15 is 0 Å². The number of nitrogens with zero attached hydrogens (tertiary/aromatic N) is 4. The lowest BCUT2D eigenvalue weighted by Gasteiger charge is -2.29. The molecule has 2 unspecified atom stereocenters. The topological polar surface area (TPSA) is 114 Å². The van der Waals surface area contributed by atoms with Crippen LogP contribution in [0.1, 0.15) is 43.3 Å². The van der Waals surface area contributed by atoms with Gasteiger partial charge < -0.3 is 9.42 Å². The van der Waals surface area contributed by atoms with Crippen LogP contribution in [-0.4, -0.2) is 52.5 Å². The Hall–Kier alpha value is -4.14. The molecule has 2 atom stereocenters. The highest BCUT2D eigenvalue weighted by atomic mass is 16.5. The van der Waals surface area contributed by atoms with Crippen molar-refractivity contribution in [3.63, 3.8) is 0 Å². The summed E-state index contributed by atoms with van der Waals surface area (Å²) in [5.41, 5.74) is 2.67. The Morgan fingerprint density at radius 3 is 2.32 bits per heavy atom. The SMILES string of the molecule is Cc1nc(-c2ccc(N3C(=O)C(=O)C(C(=O)C(C)C)C3c3ccccc3CCC(=O)N(C)C)cc2)no1. The molecule has 1 aliphatic rings. The number of aryl methyl sites for hydroxylation is 2. The lowest BCUT2D eigenvalue weighted by Crippen LogP contribution is -2.32. The lowest BCUT2D eigenvalue weighted by atomic mass is 9.82. The second kappa shape index (κ2) is 10.5. The summed E-state index contributed by atoms with van der Waals surface area (Å²) in [5.74, 6) is -2.51. The molecule has 2 heterocycles.